The predicted molar refractivity (Wildman–Crippen MR) is 137 cm³/mol. The first kappa shape index (κ1) is 26.2. The maximum Gasteiger partial charge on any atom is 0.407 e. The highest BCUT2D eigenvalue weighted by Crippen LogP contribution is 2.40. The lowest BCUT2D eigenvalue weighted by atomic mass is 9.82. The second kappa shape index (κ2) is 11.3. The van der Waals surface area contributed by atoms with Crippen molar-refractivity contribution in [3.63, 3.8) is 0 Å². The number of amides is 2. The zero-order valence-electron chi connectivity index (χ0n) is 21.4. The van der Waals surface area contributed by atoms with Crippen LogP contribution in [0.4, 0.5) is 4.79 Å². The summed E-state index contributed by atoms with van der Waals surface area (Å²) >= 11 is 0. The van der Waals surface area contributed by atoms with Crippen molar-refractivity contribution in [2.24, 2.45) is 0 Å². The van der Waals surface area contributed by atoms with E-state index < -0.39 is 11.7 Å². The highest BCUT2D eigenvalue weighted by Gasteiger charge is 2.37. The molecule has 186 valence electrons. The number of hydrogen-bond donors (Lipinski definition) is 1. The van der Waals surface area contributed by atoms with Crippen LogP contribution in [0, 0.1) is 12.3 Å². The Balaban J connectivity index is 1.92. The molecule has 0 spiro atoms. The minimum atomic E-state index is -0.549. The van der Waals surface area contributed by atoms with E-state index in [1.54, 1.807) is 7.11 Å². The number of benzene rings is 2. The normalized spacial score (nSPS) is 17.2. The highest BCUT2D eigenvalue weighted by molar-refractivity contribution is 5.94. The molecule has 3 rings (SSSR count). The van der Waals surface area contributed by atoms with E-state index in [4.69, 9.17) is 15.9 Å². The summed E-state index contributed by atoms with van der Waals surface area (Å²) in [6, 6.07) is 13.7. The molecule has 0 aromatic heterocycles. The lowest BCUT2D eigenvalue weighted by molar-refractivity contribution is -0.130. The van der Waals surface area contributed by atoms with Gasteiger partial charge >= 0.3 is 6.09 Å². The first-order valence-electron chi connectivity index (χ1n) is 12.2. The van der Waals surface area contributed by atoms with Gasteiger partial charge in [-0.15, -0.1) is 6.42 Å². The molecule has 0 aliphatic carbocycles. The second-order valence-electron chi connectivity index (χ2n) is 9.92. The fraction of sp³-hybridized carbons (Fsp3) is 0.448. The number of unbranched alkanes of at least 4 members (excludes halogenated alkanes) is 1. The standard InChI is InChI=1S/C29H36N2O4/c1-7-9-10-23-17-22-18-24(34-6)15-16-25(22)27(31(23)26(32)8-2)21-13-11-20(12-14-21)19-30-28(33)35-29(3,4)5/h2,11-16,18,23,27H,7,9-10,17,19H2,1,3-6H3,(H,30,33)/t23-,27-/m0/s1. The zero-order chi connectivity index (χ0) is 25.6. The molecule has 0 unspecified atom stereocenters. The monoisotopic (exact) mass is 476 g/mol. The number of methoxy groups -OCH3 is 1. The number of nitrogens with one attached hydrogen (secondary N) is 1. The average Bonchev–Trinajstić information content (AvgIpc) is 2.83. The van der Waals surface area contributed by atoms with E-state index in [1.807, 2.05) is 62.1 Å². The van der Waals surface area contributed by atoms with Gasteiger partial charge in [0.1, 0.15) is 11.4 Å². The van der Waals surface area contributed by atoms with Crippen molar-refractivity contribution in [1.82, 2.24) is 10.2 Å². The molecular weight excluding hydrogens is 440 g/mol. The van der Waals surface area contributed by atoms with E-state index in [0.29, 0.717) is 6.54 Å². The molecular formula is C29H36N2O4. The van der Waals surface area contributed by atoms with Crippen LogP contribution >= 0.6 is 0 Å². The largest absolute Gasteiger partial charge is 0.497 e. The Morgan fingerprint density at radius 2 is 1.89 bits per heavy atom. The fourth-order valence-corrected chi connectivity index (χ4v) is 4.55. The van der Waals surface area contributed by atoms with Gasteiger partial charge in [-0.25, -0.2) is 4.79 Å². The van der Waals surface area contributed by atoms with Crippen molar-refractivity contribution in [2.45, 2.75) is 77.6 Å². The summed E-state index contributed by atoms with van der Waals surface area (Å²) in [7, 11) is 1.66. The smallest absolute Gasteiger partial charge is 0.407 e. The van der Waals surface area contributed by atoms with Gasteiger partial charge in [0.05, 0.1) is 13.2 Å². The minimum Gasteiger partial charge on any atom is -0.497 e. The molecule has 2 aromatic carbocycles. The number of nitrogens with zero attached hydrogens (tertiary/aromatic N) is 1. The highest BCUT2D eigenvalue weighted by atomic mass is 16.6. The lowest BCUT2D eigenvalue weighted by Crippen LogP contribution is -2.47. The number of fused-ring (bicyclic) bond motifs is 1. The summed E-state index contributed by atoms with van der Waals surface area (Å²) in [5.74, 6) is 2.86. The summed E-state index contributed by atoms with van der Waals surface area (Å²) in [6.45, 7) is 7.98. The van der Waals surface area contributed by atoms with Crippen LogP contribution in [-0.2, 0) is 22.5 Å². The number of hydrogen-bond acceptors (Lipinski definition) is 4. The number of terminal acetylenes is 1. The minimum absolute atomic E-state index is 0.0108. The Labute approximate surface area is 209 Å². The molecule has 0 saturated carbocycles. The second-order valence-corrected chi connectivity index (χ2v) is 9.92. The molecule has 0 saturated heterocycles. The predicted octanol–water partition coefficient (Wildman–Crippen LogP) is 5.39. The number of carbonyl (C=O) groups is 2. The van der Waals surface area contributed by atoms with Crippen LogP contribution in [0.15, 0.2) is 42.5 Å². The van der Waals surface area contributed by atoms with Crippen molar-refractivity contribution in [3.05, 3.63) is 64.7 Å². The Kier molecular flexibility index (Phi) is 8.45. The summed E-state index contributed by atoms with van der Waals surface area (Å²) in [6.07, 6.45) is 8.85. The average molecular weight is 477 g/mol. The topological polar surface area (TPSA) is 67.9 Å². The molecule has 2 atom stereocenters. The van der Waals surface area contributed by atoms with Crippen LogP contribution in [0.1, 0.15) is 75.3 Å². The van der Waals surface area contributed by atoms with Crippen LogP contribution in [0.2, 0.25) is 0 Å². The third-order valence-electron chi connectivity index (χ3n) is 6.15. The molecule has 2 aromatic rings. The number of rotatable bonds is 7. The molecule has 35 heavy (non-hydrogen) atoms. The van der Waals surface area contributed by atoms with Crippen molar-refractivity contribution in [2.75, 3.05) is 7.11 Å². The van der Waals surface area contributed by atoms with Gasteiger partial charge in [0, 0.05) is 12.6 Å². The van der Waals surface area contributed by atoms with Crippen LogP contribution in [0.25, 0.3) is 0 Å². The molecule has 1 heterocycles. The third-order valence-corrected chi connectivity index (χ3v) is 6.15. The quantitative estimate of drug-likeness (QED) is 0.545. The van der Waals surface area contributed by atoms with E-state index in [9.17, 15) is 9.59 Å². The molecule has 6 heteroatoms. The van der Waals surface area contributed by atoms with E-state index in [1.165, 1.54) is 5.56 Å². The summed E-state index contributed by atoms with van der Waals surface area (Å²) in [5.41, 5.74) is 3.59. The number of carbonyl (C=O) groups excluding carboxylic acids is 2. The Morgan fingerprint density at radius 1 is 1.17 bits per heavy atom. The maximum absolute atomic E-state index is 13.0. The molecule has 6 nitrogen and oxygen atoms in total. The Hall–Kier alpha value is -3.46. The van der Waals surface area contributed by atoms with Gasteiger partial charge in [-0.1, -0.05) is 50.1 Å². The van der Waals surface area contributed by atoms with E-state index in [0.717, 1.165) is 48.1 Å². The molecule has 1 aliphatic heterocycles. The SMILES string of the molecule is C#CC(=O)N1[C@@H](CCCC)Cc2cc(OC)ccc2[C@@H]1c1ccc(CNC(=O)OC(C)(C)C)cc1. The molecule has 1 N–H and O–H groups in total. The molecule has 2 amide bonds. The first-order valence-corrected chi connectivity index (χ1v) is 12.2. The van der Waals surface area contributed by atoms with Crippen molar-refractivity contribution in [1.29, 1.82) is 0 Å². The van der Waals surface area contributed by atoms with Gasteiger partial charge in [-0.3, -0.25) is 4.79 Å². The van der Waals surface area contributed by atoms with Crippen molar-refractivity contribution >= 4 is 12.0 Å². The van der Waals surface area contributed by atoms with Crippen LogP contribution in [0.3, 0.4) is 0 Å². The molecule has 0 fully saturated rings. The number of alkyl carbamates (subject to hydrolysis) is 1. The maximum atomic E-state index is 13.0. The van der Waals surface area contributed by atoms with Gasteiger partial charge in [-0.05, 0) is 73.9 Å². The van der Waals surface area contributed by atoms with Crippen LogP contribution in [0.5, 0.6) is 5.75 Å². The lowest BCUT2D eigenvalue weighted by Gasteiger charge is -2.43. The number of ether oxygens (including phenoxy) is 2. The zero-order valence-corrected chi connectivity index (χ0v) is 21.4. The van der Waals surface area contributed by atoms with E-state index in [-0.39, 0.29) is 18.0 Å². The van der Waals surface area contributed by atoms with Gasteiger partial charge in [-0.2, -0.15) is 0 Å². The molecule has 1 aliphatic rings. The fourth-order valence-electron chi connectivity index (χ4n) is 4.55. The van der Waals surface area contributed by atoms with Gasteiger partial charge < -0.3 is 19.7 Å². The van der Waals surface area contributed by atoms with Gasteiger partial charge in [0.15, 0.2) is 0 Å². The van der Waals surface area contributed by atoms with Crippen molar-refractivity contribution < 1.29 is 19.1 Å². The van der Waals surface area contributed by atoms with E-state index >= 15 is 0 Å². The summed E-state index contributed by atoms with van der Waals surface area (Å²) in [4.78, 5) is 26.9. The Morgan fingerprint density at radius 3 is 2.49 bits per heavy atom. The van der Waals surface area contributed by atoms with Crippen LogP contribution < -0.4 is 10.1 Å². The summed E-state index contributed by atoms with van der Waals surface area (Å²) in [5, 5.41) is 2.78. The van der Waals surface area contributed by atoms with Gasteiger partial charge in [0.2, 0.25) is 0 Å². The van der Waals surface area contributed by atoms with Crippen LogP contribution in [-0.4, -0.2) is 35.7 Å². The first-order chi connectivity index (χ1) is 16.7. The molecule has 0 bridgehead atoms. The third kappa shape index (κ3) is 6.57. The van der Waals surface area contributed by atoms with Gasteiger partial charge in [0.25, 0.3) is 5.91 Å². The van der Waals surface area contributed by atoms with Crippen molar-refractivity contribution in [3.8, 4) is 18.1 Å². The summed E-state index contributed by atoms with van der Waals surface area (Å²) < 4.78 is 10.8. The van der Waals surface area contributed by atoms with E-state index in [2.05, 4.69) is 24.2 Å². The Bertz CT molecular complexity index is 1080. The molecule has 0 radical (unpaired) electrons.